The van der Waals surface area contributed by atoms with E-state index in [9.17, 15) is 0 Å². The molecule has 90 valence electrons. The molecule has 0 fully saturated rings. The van der Waals surface area contributed by atoms with Gasteiger partial charge in [-0.2, -0.15) is 0 Å². The molecule has 0 aliphatic heterocycles. The molecule has 0 aliphatic carbocycles. The summed E-state index contributed by atoms with van der Waals surface area (Å²) in [4.78, 5) is 5.77. The molecule has 2 rings (SSSR count). The summed E-state index contributed by atoms with van der Waals surface area (Å²) in [5.41, 5.74) is 2.04. The summed E-state index contributed by atoms with van der Waals surface area (Å²) in [5.74, 6) is 1.63. The third kappa shape index (κ3) is 2.26. The third-order valence-corrected chi connectivity index (χ3v) is 3.77. The molecular formula is C13H15NO2S. The van der Waals surface area contributed by atoms with Crippen LogP contribution in [0.1, 0.15) is 10.6 Å². The van der Waals surface area contributed by atoms with Gasteiger partial charge in [0.1, 0.15) is 16.5 Å². The van der Waals surface area contributed by atoms with Crippen LogP contribution in [-0.2, 0) is 0 Å². The Morgan fingerprint density at radius 3 is 2.41 bits per heavy atom. The van der Waals surface area contributed by atoms with Crippen LogP contribution in [0.25, 0.3) is 10.6 Å². The second-order valence-corrected chi connectivity index (χ2v) is 4.93. The van der Waals surface area contributed by atoms with Crippen molar-refractivity contribution in [3.8, 4) is 22.1 Å². The van der Waals surface area contributed by atoms with E-state index in [0.717, 1.165) is 27.8 Å². The number of benzene rings is 1. The highest BCUT2D eigenvalue weighted by molar-refractivity contribution is 7.15. The highest BCUT2D eigenvalue weighted by Gasteiger charge is 2.12. The number of methoxy groups -OCH3 is 2. The first-order chi connectivity index (χ1) is 8.15. The number of ether oxygens (including phenoxy) is 2. The van der Waals surface area contributed by atoms with Gasteiger partial charge in [-0.3, -0.25) is 0 Å². The monoisotopic (exact) mass is 249 g/mol. The summed E-state index contributed by atoms with van der Waals surface area (Å²) in [6.07, 6.45) is 0. The van der Waals surface area contributed by atoms with Crippen molar-refractivity contribution in [2.45, 2.75) is 13.8 Å². The van der Waals surface area contributed by atoms with Crippen LogP contribution < -0.4 is 9.47 Å². The Kier molecular flexibility index (Phi) is 3.33. The Bertz CT molecular complexity index is 515. The van der Waals surface area contributed by atoms with Gasteiger partial charge in [0.2, 0.25) is 0 Å². The van der Waals surface area contributed by atoms with Gasteiger partial charge >= 0.3 is 0 Å². The molecule has 0 bridgehead atoms. The number of aryl methyl sites for hydroxylation is 2. The Balaban J connectivity index is 2.55. The molecule has 17 heavy (non-hydrogen) atoms. The predicted molar refractivity (Wildman–Crippen MR) is 70.1 cm³/mol. The molecule has 1 aromatic heterocycles. The van der Waals surface area contributed by atoms with Crippen LogP contribution in [0.5, 0.6) is 11.5 Å². The fourth-order valence-corrected chi connectivity index (χ4v) is 2.50. The first-order valence-electron chi connectivity index (χ1n) is 5.32. The van der Waals surface area contributed by atoms with E-state index in [-0.39, 0.29) is 0 Å². The highest BCUT2D eigenvalue weighted by atomic mass is 32.1. The lowest BCUT2D eigenvalue weighted by atomic mass is 10.2. The van der Waals surface area contributed by atoms with Gasteiger partial charge in [0.05, 0.1) is 25.5 Å². The zero-order valence-electron chi connectivity index (χ0n) is 10.4. The second kappa shape index (κ2) is 4.75. The number of hydrogen-bond donors (Lipinski definition) is 0. The Hall–Kier alpha value is -1.55. The van der Waals surface area contributed by atoms with Crippen molar-refractivity contribution < 1.29 is 9.47 Å². The van der Waals surface area contributed by atoms with Gasteiger partial charge in [-0.1, -0.05) is 0 Å². The molecule has 1 heterocycles. The summed E-state index contributed by atoms with van der Waals surface area (Å²) in [7, 11) is 3.32. The zero-order chi connectivity index (χ0) is 12.4. The lowest BCUT2D eigenvalue weighted by Gasteiger charge is -2.08. The van der Waals surface area contributed by atoms with E-state index in [2.05, 4.69) is 11.9 Å². The minimum Gasteiger partial charge on any atom is -0.497 e. The maximum Gasteiger partial charge on any atom is 0.129 e. The minimum absolute atomic E-state index is 0.811. The smallest absolute Gasteiger partial charge is 0.129 e. The summed E-state index contributed by atoms with van der Waals surface area (Å²) in [6.45, 7) is 4.09. The standard InChI is InChI=1S/C13H15NO2S/c1-8-9(2)17-13(14-8)11-7-10(15-3)5-6-12(11)16-4/h5-7H,1-4H3. The lowest BCUT2D eigenvalue weighted by Crippen LogP contribution is -1.90. The summed E-state index contributed by atoms with van der Waals surface area (Å²) >= 11 is 1.67. The molecule has 1 aromatic carbocycles. The number of rotatable bonds is 3. The van der Waals surface area contributed by atoms with E-state index >= 15 is 0 Å². The topological polar surface area (TPSA) is 31.4 Å². The van der Waals surface area contributed by atoms with Crippen molar-refractivity contribution >= 4 is 11.3 Å². The van der Waals surface area contributed by atoms with Crippen LogP contribution in [0.4, 0.5) is 0 Å². The average Bonchev–Trinajstić information content (AvgIpc) is 2.68. The maximum atomic E-state index is 5.36. The maximum absolute atomic E-state index is 5.36. The second-order valence-electron chi connectivity index (χ2n) is 3.73. The molecule has 4 heteroatoms. The van der Waals surface area contributed by atoms with Crippen molar-refractivity contribution in [3.63, 3.8) is 0 Å². The minimum atomic E-state index is 0.811. The number of thiazole rings is 1. The fourth-order valence-electron chi connectivity index (χ4n) is 1.57. The molecule has 0 unspecified atom stereocenters. The van der Waals surface area contributed by atoms with Crippen LogP contribution in [0.15, 0.2) is 18.2 Å². The van der Waals surface area contributed by atoms with Crippen molar-refractivity contribution in [2.24, 2.45) is 0 Å². The van der Waals surface area contributed by atoms with Gasteiger partial charge in [-0.25, -0.2) is 4.98 Å². The van der Waals surface area contributed by atoms with Crippen LogP contribution in [0.2, 0.25) is 0 Å². The quantitative estimate of drug-likeness (QED) is 0.835. The Labute approximate surface area is 105 Å². The van der Waals surface area contributed by atoms with E-state index in [1.807, 2.05) is 25.1 Å². The van der Waals surface area contributed by atoms with Crippen LogP contribution in [-0.4, -0.2) is 19.2 Å². The normalized spacial score (nSPS) is 10.4. The van der Waals surface area contributed by atoms with E-state index in [0.29, 0.717) is 0 Å². The van der Waals surface area contributed by atoms with Gasteiger partial charge in [0.25, 0.3) is 0 Å². The SMILES string of the molecule is COc1ccc(OC)c(-c2nc(C)c(C)s2)c1. The summed E-state index contributed by atoms with van der Waals surface area (Å²) in [5, 5.41) is 0.968. The van der Waals surface area contributed by atoms with Gasteiger partial charge in [-0.15, -0.1) is 11.3 Å². The highest BCUT2D eigenvalue weighted by Crippen LogP contribution is 2.36. The predicted octanol–water partition coefficient (Wildman–Crippen LogP) is 3.44. The molecule has 3 nitrogen and oxygen atoms in total. The number of nitrogens with zero attached hydrogens (tertiary/aromatic N) is 1. The average molecular weight is 249 g/mol. The molecule has 0 N–H and O–H groups in total. The van der Waals surface area contributed by atoms with E-state index in [4.69, 9.17) is 9.47 Å². The van der Waals surface area contributed by atoms with Gasteiger partial charge in [0, 0.05) is 4.88 Å². The molecule has 0 radical (unpaired) electrons. The molecule has 0 saturated heterocycles. The van der Waals surface area contributed by atoms with Crippen molar-refractivity contribution in [1.82, 2.24) is 4.98 Å². The third-order valence-electron chi connectivity index (χ3n) is 2.67. The summed E-state index contributed by atoms with van der Waals surface area (Å²) < 4.78 is 10.6. The van der Waals surface area contributed by atoms with Crippen LogP contribution >= 0.6 is 11.3 Å². The van der Waals surface area contributed by atoms with E-state index in [1.165, 1.54) is 4.88 Å². The van der Waals surface area contributed by atoms with E-state index < -0.39 is 0 Å². The molecule has 0 amide bonds. The van der Waals surface area contributed by atoms with Crippen molar-refractivity contribution in [1.29, 1.82) is 0 Å². The van der Waals surface area contributed by atoms with Crippen LogP contribution in [0.3, 0.4) is 0 Å². The molecular weight excluding hydrogens is 234 g/mol. The molecule has 0 aliphatic rings. The van der Waals surface area contributed by atoms with Gasteiger partial charge in [0.15, 0.2) is 0 Å². The first kappa shape index (κ1) is 11.9. The Morgan fingerprint density at radius 1 is 1.12 bits per heavy atom. The Morgan fingerprint density at radius 2 is 1.88 bits per heavy atom. The van der Waals surface area contributed by atoms with Crippen molar-refractivity contribution in [2.75, 3.05) is 14.2 Å². The zero-order valence-corrected chi connectivity index (χ0v) is 11.2. The largest absolute Gasteiger partial charge is 0.497 e. The number of aromatic nitrogens is 1. The van der Waals surface area contributed by atoms with Crippen molar-refractivity contribution in [3.05, 3.63) is 28.8 Å². The summed E-state index contributed by atoms with van der Waals surface area (Å²) in [6, 6.07) is 5.74. The lowest BCUT2D eigenvalue weighted by molar-refractivity contribution is 0.404. The van der Waals surface area contributed by atoms with Crippen LogP contribution in [0, 0.1) is 13.8 Å². The molecule has 0 saturated carbocycles. The number of hydrogen-bond acceptors (Lipinski definition) is 4. The van der Waals surface area contributed by atoms with Gasteiger partial charge < -0.3 is 9.47 Å². The molecule has 0 atom stereocenters. The molecule has 0 spiro atoms. The first-order valence-corrected chi connectivity index (χ1v) is 6.13. The van der Waals surface area contributed by atoms with E-state index in [1.54, 1.807) is 25.6 Å². The van der Waals surface area contributed by atoms with Gasteiger partial charge in [-0.05, 0) is 32.0 Å². The fraction of sp³-hybridized carbons (Fsp3) is 0.308. The molecule has 2 aromatic rings.